The van der Waals surface area contributed by atoms with Crippen LogP contribution in [-0.4, -0.2) is 40.7 Å². The zero-order valence-electron chi connectivity index (χ0n) is 17.2. The monoisotopic (exact) mass is 464 g/mol. The van der Waals surface area contributed by atoms with E-state index in [4.69, 9.17) is 23.2 Å². The van der Waals surface area contributed by atoms with Gasteiger partial charge in [0.1, 0.15) is 6.54 Å². The minimum atomic E-state index is -0.257. The van der Waals surface area contributed by atoms with Crippen molar-refractivity contribution < 1.29 is 9.59 Å². The topological polar surface area (TPSA) is 40.6 Å². The van der Waals surface area contributed by atoms with Crippen molar-refractivity contribution in [2.24, 2.45) is 5.92 Å². The standard InChI is InChI=1S/C23H26Cl2N2O2S/c1-3-14(2)27(23(29)15-4-5-15)13-21(28)26-10-8-20-18(9-11-30-20)22(26)17-7-6-16(24)12-19(17)25/h6-7,9,11-12,14-15,22H,3-5,8,10,13H2,1-2H3. The molecule has 1 aliphatic carbocycles. The van der Waals surface area contributed by atoms with Gasteiger partial charge in [0.25, 0.3) is 0 Å². The van der Waals surface area contributed by atoms with Crippen LogP contribution in [-0.2, 0) is 16.0 Å². The predicted octanol–water partition coefficient (Wildman–Crippen LogP) is 5.57. The number of thiophene rings is 1. The molecule has 2 heterocycles. The van der Waals surface area contributed by atoms with Crippen LogP contribution in [0.1, 0.15) is 55.2 Å². The molecule has 160 valence electrons. The van der Waals surface area contributed by atoms with Gasteiger partial charge >= 0.3 is 0 Å². The Bertz CT molecular complexity index is 956. The third-order valence-electron chi connectivity index (χ3n) is 6.18. The van der Waals surface area contributed by atoms with Gasteiger partial charge in [-0.15, -0.1) is 11.3 Å². The molecule has 30 heavy (non-hydrogen) atoms. The smallest absolute Gasteiger partial charge is 0.243 e. The highest BCUT2D eigenvalue weighted by Crippen LogP contribution is 2.41. The fourth-order valence-electron chi connectivity index (χ4n) is 4.12. The molecule has 1 aliphatic heterocycles. The number of carbonyl (C=O) groups excluding carboxylic acids is 2. The lowest BCUT2D eigenvalue weighted by Gasteiger charge is -2.39. The zero-order chi connectivity index (χ0) is 21.4. The minimum Gasteiger partial charge on any atom is -0.330 e. The maximum Gasteiger partial charge on any atom is 0.243 e. The Labute approximate surface area is 191 Å². The van der Waals surface area contributed by atoms with E-state index in [9.17, 15) is 9.59 Å². The van der Waals surface area contributed by atoms with Gasteiger partial charge in [-0.1, -0.05) is 36.2 Å². The molecule has 1 aromatic heterocycles. The number of nitrogens with zero attached hydrogens (tertiary/aromatic N) is 2. The molecule has 1 saturated carbocycles. The maximum atomic E-state index is 13.5. The molecule has 2 aliphatic rings. The van der Waals surface area contributed by atoms with Crippen LogP contribution >= 0.6 is 34.5 Å². The first-order chi connectivity index (χ1) is 14.4. The molecular weight excluding hydrogens is 439 g/mol. The van der Waals surface area contributed by atoms with Gasteiger partial charge in [-0.3, -0.25) is 9.59 Å². The molecule has 2 unspecified atom stereocenters. The summed E-state index contributed by atoms with van der Waals surface area (Å²) in [5, 5.41) is 3.19. The van der Waals surface area contributed by atoms with E-state index in [1.54, 1.807) is 22.3 Å². The van der Waals surface area contributed by atoms with Gasteiger partial charge in [-0.2, -0.15) is 0 Å². The summed E-state index contributed by atoms with van der Waals surface area (Å²) in [7, 11) is 0. The maximum absolute atomic E-state index is 13.5. The number of fused-ring (bicyclic) bond motifs is 1. The molecular formula is C23H26Cl2N2O2S. The summed E-state index contributed by atoms with van der Waals surface area (Å²) in [6.07, 6.45) is 3.52. The van der Waals surface area contributed by atoms with Crippen LogP contribution in [0, 0.1) is 5.92 Å². The van der Waals surface area contributed by atoms with Crippen molar-refractivity contribution in [2.75, 3.05) is 13.1 Å². The predicted molar refractivity (Wildman–Crippen MR) is 122 cm³/mol. The summed E-state index contributed by atoms with van der Waals surface area (Å²) in [5.74, 6) is 0.183. The second kappa shape index (κ2) is 8.89. The molecule has 0 spiro atoms. The van der Waals surface area contributed by atoms with E-state index < -0.39 is 0 Å². The van der Waals surface area contributed by atoms with Gasteiger partial charge in [-0.25, -0.2) is 0 Å². The van der Waals surface area contributed by atoms with Crippen molar-refractivity contribution in [3.8, 4) is 0 Å². The van der Waals surface area contributed by atoms with Gasteiger partial charge in [0.2, 0.25) is 11.8 Å². The lowest BCUT2D eigenvalue weighted by atomic mass is 9.93. The van der Waals surface area contributed by atoms with Crippen molar-refractivity contribution in [2.45, 2.75) is 51.6 Å². The lowest BCUT2D eigenvalue weighted by Crippen LogP contribution is -2.49. The van der Waals surface area contributed by atoms with E-state index in [1.807, 2.05) is 24.0 Å². The Balaban J connectivity index is 1.65. The van der Waals surface area contributed by atoms with Gasteiger partial charge in [0.15, 0.2) is 0 Å². The molecule has 2 amide bonds. The van der Waals surface area contributed by atoms with E-state index in [0.29, 0.717) is 16.6 Å². The Morgan fingerprint density at radius 2 is 2.00 bits per heavy atom. The van der Waals surface area contributed by atoms with E-state index in [-0.39, 0.29) is 36.4 Å². The Morgan fingerprint density at radius 3 is 2.67 bits per heavy atom. The van der Waals surface area contributed by atoms with Crippen LogP contribution < -0.4 is 0 Å². The van der Waals surface area contributed by atoms with Gasteiger partial charge in [0, 0.05) is 33.4 Å². The SMILES string of the molecule is CCC(C)N(CC(=O)N1CCc2sccc2C1c1ccc(Cl)cc1Cl)C(=O)C1CC1. The molecule has 0 saturated heterocycles. The van der Waals surface area contributed by atoms with Crippen LogP contribution in [0.4, 0.5) is 0 Å². The van der Waals surface area contributed by atoms with E-state index >= 15 is 0 Å². The summed E-state index contributed by atoms with van der Waals surface area (Å²) in [6.45, 7) is 4.80. The van der Waals surface area contributed by atoms with Crippen molar-refractivity contribution in [3.05, 3.63) is 55.7 Å². The summed E-state index contributed by atoms with van der Waals surface area (Å²) in [6, 6.07) is 7.31. The Kier molecular flexibility index (Phi) is 6.42. The second-order valence-corrected chi connectivity index (χ2v) is 10.0. The van der Waals surface area contributed by atoms with Crippen molar-refractivity contribution in [1.82, 2.24) is 9.80 Å². The van der Waals surface area contributed by atoms with Crippen molar-refractivity contribution in [3.63, 3.8) is 0 Å². The summed E-state index contributed by atoms with van der Waals surface area (Å²) in [4.78, 5) is 31.3. The van der Waals surface area contributed by atoms with Crippen molar-refractivity contribution in [1.29, 1.82) is 0 Å². The molecule has 4 nitrogen and oxygen atoms in total. The average Bonchev–Trinajstić information content (AvgIpc) is 3.47. The largest absolute Gasteiger partial charge is 0.330 e. The lowest BCUT2D eigenvalue weighted by molar-refractivity contribution is -0.144. The fourth-order valence-corrected chi connectivity index (χ4v) is 5.53. The highest BCUT2D eigenvalue weighted by Gasteiger charge is 2.39. The van der Waals surface area contributed by atoms with E-state index in [2.05, 4.69) is 18.4 Å². The molecule has 0 N–H and O–H groups in total. The molecule has 7 heteroatoms. The number of amides is 2. The van der Waals surface area contributed by atoms with E-state index in [0.717, 1.165) is 36.8 Å². The number of rotatable bonds is 6. The summed E-state index contributed by atoms with van der Waals surface area (Å²) in [5.41, 5.74) is 1.99. The quantitative estimate of drug-likeness (QED) is 0.560. The second-order valence-electron chi connectivity index (χ2n) is 8.20. The minimum absolute atomic E-state index is 0.0304. The first-order valence-corrected chi connectivity index (χ1v) is 12.2. The Morgan fingerprint density at radius 1 is 1.23 bits per heavy atom. The van der Waals surface area contributed by atoms with E-state index in [1.165, 1.54) is 4.88 Å². The number of hydrogen-bond donors (Lipinski definition) is 0. The number of hydrogen-bond acceptors (Lipinski definition) is 3. The molecule has 2 atom stereocenters. The van der Waals surface area contributed by atoms with Crippen LogP contribution in [0.5, 0.6) is 0 Å². The van der Waals surface area contributed by atoms with Crippen LogP contribution in [0.25, 0.3) is 0 Å². The van der Waals surface area contributed by atoms with Crippen LogP contribution in [0.2, 0.25) is 10.0 Å². The molecule has 0 radical (unpaired) electrons. The summed E-state index contributed by atoms with van der Waals surface area (Å²) < 4.78 is 0. The first-order valence-electron chi connectivity index (χ1n) is 10.5. The van der Waals surface area contributed by atoms with Crippen molar-refractivity contribution >= 4 is 46.4 Å². The highest BCUT2D eigenvalue weighted by atomic mass is 35.5. The third kappa shape index (κ3) is 4.25. The molecule has 1 aromatic carbocycles. The highest BCUT2D eigenvalue weighted by molar-refractivity contribution is 7.10. The van der Waals surface area contributed by atoms with Crippen LogP contribution in [0.3, 0.4) is 0 Å². The van der Waals surface area contributed by atoms with Gasteiger partial charge in [0.05, 0.1) is 6.04 Å². The molecule has 4 rings (SSSR count). The zero-order valence-corrected chi connectivity index (χ0v) is 19.6. The number of carbonyl (C=O) groups is 2. The normalized spacial score (nSPS) is 19.3. The van der Waals surface area contributed by atoms with Crippen LogP contribution in [0.15, 0.2) is 29.6 Å². The number of halogens is 2. The summed E-state index contributed by atoms with van der Waals surface area (Å²) >= 11 is 14.4. The fraction of sp³-hybridized carbons (Fsp3) is 0.478. The number of benzene rings is 1. The van der Waals surface area contributed by atoms with Gasteiger partial charge in [-0.05, 0) is 67.3 Å². The molecule has 1 fully saturated rings. The first kappa shape index (κ1) is 21.7. The Hall–Kier alpha value is -1.56. The molecule has 2 aromatic rings. The third-order valence-corrected chi connectivity index (χ3v) is 7.74. The van der Waals surface area contributed by atoms with Gasteiger partial charge < -0.3 is 9.80 Å². The molecule has 0 bridgehead atoms. The average molecular weight is 465 g/mol.